The molecule has 128 valence electrons. The molecule has 1 aromatic rings. The average Bonchev–Trinajstić information content (AvgIpc) is 3.26. The third-order valence-corrected chi connectivity index (χ3v) is 5.03. The van der Waals surface area contributed by atoms with Gasteiger partial charge < -0.3 is 9.64 Å². The highest BCUT2D eigenvalue weighted by atomic mass is 16.6. The smallest absolute Gasteiger partial charge is 0.410 e. The fraction of sp³-hybridized carbons (Fsp3) is 0.600. The molecule has 0 radical (unpaired) electrons. The second-order valence-corrected chi connectivity index (χ2v) is 8.17. The summed E-state index contributed by atoms with van der Waals surface area (Å²) in [4.78, 5) is 14.6. The van der Waals surface area contributed by atoms with Crippen LogP contribution < -0.4 is 0 Å². The number of rotatable bonds is 4. The van der Waals surface area contributed by atoms with Crippen LogP contribution in [-0.2, 0) is 4.74 Å². The van der Waals surface area contributed by atoms with Crippen LogP contribution in [0.15, 0.2) is 30.3 Å². The highest BCUT2D eigenvalue weighted by molar-refractivity contribution is 5.69. The summed E-state index contributed by atoms with van der Waals surface area (Å²) in [6.07, 6.45) is 3.50. The molecule has 2 saturated carbocycles. The Balaban J connectivity index is 1.76. The number of amides is 1. The van der Waals surface area contributed by atoms with Gasteiger partial charge in [-0.05, 0) is 45.6 Å². The maximum Gasteiger partial charge on any atom is 0.410 e. The first-order chi connectivity index (χ1) is 11.3. The van der Waals surface area contributed by atoms with Gasteiger partial charge in [-0.1, -0.05) is 36.8 Å². The predicted octanol–water partition coefficient (Wildman–Crippen LogP) is 4.47. The standard InChI is InChI=1S/C20H26N2O2/c1-19(2,3)24-18(23)22(14-20(13-21)10-7-11-20)17-12-16(17)15-8-5-4-6-9-15/h4-6,8-9,16-17H,7,10-12,14H2,1-3H3/t16-,17+/m0/s1. The average molecular weight is 326 g/mol. The zero-order valence-corrected chi connectivity index (χ0v) is 14.8. The summed E-state index contributed by atoms with van der Waals surface area (Å²) in [7, 11) is 0. The van der Waals surface area contributed by atoms with E-state index in [9.17, 15) is 10.1 Å². The first kappa shape index (κ1) is 16.8. The fourth-order valence-electron chi connectivity index (χ4n) is 3.46. The lowest BCUT2D eigenvalue weighted by Gasteiger charge is -2.40. The van der Waals surface area contributed by atoms with Crippen molar-refractivity contribution in [2.24, 2.45) is 5.41 Å². The SMILES string of the molecule is CC(C)(C)OC(=O)N(CC1(C#N)CCC1)[C@@H]1C[C@H]1c1ccccc1. The van der Waals surface area contributed by atoms with E-state index >= 15 is 0 Å². The van der Waals surface area contributed by atoms with Crippen molar-refractivity contribution in [3.63, 3.8) is 0 Å². The maximum atomic E-state index is 12.7. The summed E-state index contributed by atoms with van der Waals surface area (Å²) in [6, 6.07) is 12.9. The molecule has 0 aliphatic heterocycles. The van der Waals surface area contributed by atoms with Crippen LogP contribution in [-0.4, -0.2) is 29.2 Å². The lowest BCUT2D eigenvalue weighted by Crippen LogP contribution is -2.47. The minimum absolute atomic E-state index is 0.146. The Hall–Kier alpha value is -2.02. The monoisotopic (exact) mass is 326 g/mol. The van der Waals surface area contributed by atoms with Crippen LogP contribution in [0.5, 0.6) is 0 Å². The Morgan fingerprint density at radius 3 is 2.50 bits per heavy atom. The van der Waals surface area contributed by atoms with Gasteiger partial charge in [0.1, 0.15) is 5.60 Å². The van der Waals surface area contributed by atoms with Gasteiger partial charge >= 0.3 is 6.09 Å². The van der Waals surface area contributed by atoms with E-state index in [0.717, 1.165) is 25.7 Å². The first-order valence-corrected chi connectivity index (χ1v) is 8.79. The molecule has 24 heavy (non-hydrogen) atoms. The number of benzene rings is 1. The van der Waals surface area contributed by atoms with Crippen LogP contribution in [0.2, 0.25) is 0 Å². The van der Waals surface area contributed by atoms with Crippen molar-refractivity contribution in [3.8, 4) is 6.07 Å². The van der Waals surface area contributed by atoms with Gasteiger partial charge in [-0.15, -0.1) is 0 Å². The van der Waals surface area contributed by atoms with Gasteiger partial charge in [0.2, 0.25) is 0 Å². The number of carbonyl (C=O) groups excluding carboxylic acids is 1. The van der Waals surface area contributed by atoms with Crippen molar-refractivity contribution in [1.29, 1.82) is 5.26 Å². The molecule has 2 aliphatic rings. The number of carbonyl (C=O) groups is 1. The second-order valence-electron chi connectivity index (χ2n) is 8.17. The molecule has 3 rings (SSSR count). The van der Waals surface area contributed by atoms with Gasteiger partial charge in [0, 0.05) is 18.5 Å². The number of ether oxygens (including phenoxy) is 1. The molecule has 2 atom stereocenters. The van der Waals surface area contributed by atoms with Gasteiger partial charge in [-0.3, -0.25) is 0 Å². The highest BCUT2D eigenvalue weighted by Crippen LogP contribution is 2.48. The summed E-state index contributed by atoms with van der Waals surface area (Å²) in [5.41, 5.74) is 0.364. The quantitative estimate of drug-likeness (QED) is 0.820. The minimum atomic E-state index is -0.522. The number of hydrogen-bond donors (Lipinski definition) is 0. The lowest BCUT2D eigenvalue weighted by atomic mass is 9.69. The van der Waals surface area contributed by atoms with Crippen molar-refractivity contribution >= 4 is 6.09 Å². The Kier molecular flexibility index (Phi) is 4.29. The van der Waals surface area contributed by atoms with E-state index in [0.29, 0.717) is 12.5 Å². The zero-order valence-electron chi connectivity index (χ0n) is 14.8. The van der Waals surface area contributed by atoms with Crippen LogP contribution >= 0.6 is 0 Å². The van der Waals surface area contributed by atoms with Crippen molar-refractivity contribution in [3.05, 3.63) is 35.9 Å². The summed E-state index contributed by atoms with van der Waals surface area (Å²) >= 11 is 0. The van der Waals surface area contributed by atoms with Gasteiger partial charge in [0.25, 0.3) is 0 Å². The largest absolute Gasteiger partial charge is 0.444 e. The summed E-state index contributed by atoms with van der Waals surface area (Å²) < 4.78 is 5.62. The van der Waals surface area contributed by atoms with E-state index < -0.39 is 5.60 Å². The molecule has 0 saturated heterocycles. The zero-order chi connectivity index (χ0) is 17.4. The minimum Gasteiger partial charge on any atom is -0.444 e. The molecule has 0 heterocycles. The van der Waals surface area contributed by atoms with Crippen molar-refractivity contribution in [2.45, 2.75) is 64.0 Å². The normalized spacial score (nSPS) is 24.4. The van der Waals surface area contributed by atoms with Gasteiger partial charge in [-0.25, -0.2) is 4.79 Å². The van der Waals surface area contributed by atoms with E-state index in [1.807, 2.05) is 43.9 Å². The fourth-order valence-corrected chi connectivity index (χ4v) is 3.46. The highest BCUT2D eigenvalue weighted by Gasteiger charge is 2.50. The van der Waals surface area contributed by atoms with Crippen LogP contribution in [0.25, 0.3) is 0 Å². The van der Waals surface area contributed by atoms with E-state index in [2.05, 4.69) is 18.2 Å². The van der Waals surface area contributed by atoms with E-state index in [1.54, 1.807) is 0 Å². The van der Waals surface area contributed by atoms with Crippen LogP contribution in [0, 0.1) is 16.7 Å². The second kappa shape index (κ2) is 6.12. The Morgan fingerprint density at radius 1 is 1.33 bits per heavy atom. The van der Waals surface area contributed by atoms with E-state index in [1.165, 1.54) is 5.56 Å². The number of nitriles is 1. The molecular formula is C20H26N2O2. The van der Waals surface area contributed by atoms with Crippen molar-refractivity contribution < 1.29 is 9.53 Å². The Labute approximate surface area is 144 Å². The molecule has 1 amide bonds. The van der Waals surface area contributed by atoms with Gasteiger partial charge in [0.15, 0.2) is 0 Å². The predicted molar refractivity (Wildman–Crippen MR) is 92.4 cm³/mol. The summed E-state index contributed by atoms with van der Waals surface area (Å²) in [6.45, 7) is 6.14. The van der Waals surface area contributed by atoms with E-state index in [4.69, 9.17) is 4.74 Å². The van der Waals surface area contributed by atoms with Crippen LogP contribution in [0.3, 0.4) is 0 Å². The molecule has 2 fully saturated rings. The first-order valence-electron chi connectivity index (χ1n) is 8.79. The molecule has 0 aromatic heterocycles. The number of nitrogens with zero attached hydrogens (tertiary/aromatic N) is 2. The van der Waals surface area contributed by atoms with Crippen LogP contribution in [0.1, 0.15) is 57.9 Å². The van der Waals surface area contributed by atoms with Crippen molar-refractivity contribution in [2.75, 3.05) is 6.54 Å². The third-order valence-electron chi connectivity index (χ3n) is 5.03. The molecule has 0 N–H and O–H groups in total. The summed E-state index contributed by atoms with van der Waals surface area (Å²) in [5.74, 6) is 0.356. The maximum absolute atomic E-state index is 12.7. The van der Waals surface area contributed by atoms with Crippen molar-refractivity contribution in [1.82, 2.24) is 4.90 Å². The topological polar surface area (TPSA) is 53.3 Å². The Morgan fingerprint density at radius 2 is 2.00 bits per heavy atom. The molecule has 0 unspecified atom stereocenters. The number of hydrogen-bond acceptors (Lipinski definition) is 3. The molecular weight excluding hydrogens is 300 g/mol. The molecule has 0 bridgehead atoms. The molecule has 1 aromatic carbocycles. The third kappa shape index (κ3) is 3.56. The van der Waals surface area contributed by atoms with E-state index in [-0.39, 0.29) is 17.6 Å². The van der Waals surface area contributed by atoms with Gasteiger partial charge in [-0.2, -0.15) is 5.26 Å². The molecule has 2 aliphatic carbocycles. The molecule has 4 heteroatoms. The summed E-state index contributed by atoms with van der Waals surface area (Å²) in [5, 5.41) is 9.56. The molecule has 0 spiro atoms. The Bertz CT molecular complexity index is 638. The van der Waals surface area contributed by atoms with Crippen LogP contribution in [0.4, 0.5) is 4.79 Å². The molecule has 4 nitrogen and oxygen atoms in total. The van der Waals surface area contributed by atoms with Gasteiger partial charge in [0.05, 0.1) is 11.5 Å². The lowest BCUT2D eigenvalue weighted by molar-refractivity contribution is 0.0107.